The summed E-state index contributed by atoms with van der Waals surface area (Å²) in [6.07, 6.45) is 8.94. The van der Waals surface area contributed by atoms with E-state index >= 15 is 0 Å². The summed E-state index contributed by atoms with van der Waals surface area (Å²) in [5.41, 5.74) is 12.4. The lowest BCUT2D eigenvalue weighted by Crippen LogP contribution is -2.22. The molecule has 0 radical (unpaired) electrons. The van der Waals surface area contributed by atoms with Crippen molar-refractivity contribution in [3.8, 4) is 0 Å². The molecule has 0 aromatic heterocycles. The smallest absolute Gasteiger partial charge is 0.0210 e. The van der Waals surface area contributed by atoms with Gasteiger partial charge in [0.15, 0.2) is 0 Å². The zero-order valence-electron chi connectivity index (χ0n) is 21.4. The Balaban J connectivity index is 1.73. The number of allylic oxidation sites excluding steroid dienone is 7. The van der Waals surface area contributed by atoms with Crippen molar-refractivity contribution in [2.75, 3.05) is 0 Å². The fraction of sp³-hybridized carbons (Fsp3) is 0.257. The Morgan fingerprint density at radius 1 is 0.943 bits per heavy atom. The van der Waals surface area contributed by atoms with E-state index in [4.69, 9.17) is 6.58 Å². The predicted molar refractivity (Wildman–Crippen MR) is 153 cm³/mol. The molecule has 0 spiro atoms. The maximum atomic E-state index is 4.73. The summed E-state index contributed by atoms with van der Waals surface area (Å²) in [5, 5.41) is 2.69. The van der Waals surface area contributed by atoms with Gasteiger partial charge in [-0.2, -0.15) is 0 Å². The van der Waals surface area contributed by atoms with Crippen LogP contribution in [-0.4, -0.2) is 0 Å². The van der Waals surface area contributed by atoms with Crippen LogP contribution in [0, 0.1) is 5.92 Å². The van der Waals surface area contributed by atoms with Gasteiger partial charge in [-0.25, -0.2) is 0 Å². The van der Waals surface area contributed by atoms with Gasteiger partial charge in [0.2, 0.25) is 0 Å². The van der Waals surface area contributed by atoms with Crippen molar-refractivity contribution < 1.29 is 0 Å². The minimum atomic E-state index is 0.254. The highest BCUT2D eigenvalue weighted by Gasteiger charge is 2.42. The molecule has 0 heterocycles. The van der Waals surface area contributed by atoms with Gasteiger partial charge < -0.3 is 0 Å². The first kappa shape index (κ1) is 23.4. The van der Waals surface area contributed by atoms with Crippen LogP contribution in [0.3, 0.4) is 0 Å². The first-order valence-corrected chi connectivity index (χ1v) is 13.1. The van der Waals surface area contributed by atoms with E-state index < -0.39 is 0 Å². The molecule has 0 amide bonds. The predicted octanol–water partition coefficient (Wildman–Crippen LogP) is 9.76. The maximum Gasteiger partial charge on any atom is 0.0210 e. The normalized spacial score (nSPS) is 20.9. The van der Waals surface area contributed by atoms with Gasteiger partial charge in [-0.1, -0.05) is 123 Å². The Labute approximate surface area is 211 Å². The topological polar surface area (TPSA) is 0 Å². The van der Waals surface area contributed by atoms with Gasteiger partial charge in [0.1, 0.15) is 0 Å². The van der Waals surface area contributed by atoms with E-state index in [1.54, 1.807) is 0 Å². The van der Waals surface area contributed by atoms with Crippen molar-refractivity contribution in [2.24, 2.45) is 5.92 Å². The molecule has 0 N–H and O–H groups in total. The van der Waals surface area contributed by atoms with Crippen molar-refractivity contribution in [2.45, 2.75) is 52.4 Å². The van der Waals surface area contributed by atoms with Gasteiger partial charge >= 0.3 is 0 Å². The number of rotatable bonds is 6. The number of fused-ring (bicyclic) bond motifs is 2. The quantitative estimate of drug-likeness (QED) is 0.346. The van der Waals surface area contributed by atoms with Crippen LogP contribution < -0.4 is 0 Å². The second-order valence-corrected chi connectivity index (χ2v) is 10.1. The van der Waals surface area contributed by atoms with E-state index in [2.05, 4.69) is 106 Å². The van der Waals surface area contributed by atoms with Gasteiger partial charge in [0.05, 0.1) is 0 Å². The lowest BCUT2D eigenvalue weighted by Gasteiger charge is -2.36. The lowest BCUT2D eigenvalue weighted by atomic mass is 9.67. The standard InChI is InChI=1S/C35H36/c1-6-13-23(3)32-24(4)20-30-22-29(21-26-14-9-8-10-15-26)25(5)33(30)35(32)34-27(7-2)18-19-28-16-11-12-17-31(28)34/h8-12,14-21,33,35H,3,5-7,13,22H2,1-2,4H3. The minimum absolute atomic E-state index is 0.254. The summed E-state index contributed by atoms with van der Waals surface area (Å²) >= 11 is 0. The molecule has 0 nitrogen and oxygen atoms in total. The van der Waals surface area contributed by atoms with Crippen LogP contribution in [0.15, 0.2) is 119 Å². The summed E-state index contributed by atoms with van der Waals surface area (Å²) in [6, 6.07) is 24.2. The molecule has 5 rings (SSSR count). The van der Waals surface area contributed by atoms with E-state index in [1.807, 2.05) is 0 Å². The first-order chi connectivity index (χ1) is 17.0. The zero-order valence-corrected chi connectivity index (χ0v) is 21.4. The molecule has 0 saturated heterocycles. The minimum Gasteiger partial charge on any atom is -0.0955 e. The molecule has 1 saturated carbocycles. The van der Waals surface area contributed by atoms with Crippen molar-refractivity contribution in [3.63, 3.8) is 0 Å². The fourth-order valence-electron chi connectivity index (χ4n) is 6.35. The number of hydrogen-bond acceptors (Lipinski definition) is 0. The van der Waals surface area contributed by atoms with E-state index in [-0.39, 0.29) is 11.8 Å². The summed E-state index contributed by atoms with van der Waals surface area (Å²) in [6.45, 7) is 16.2. The Bertz CT molecular complexity index is 1390. The Morgan fingerprint density at radius 2 is 1.69 bits per heavy atom. The monoisotopic (exact) mass is 456 g/mol. The molecule has 2 aliphatic rings. The average Bonchev–Trinajstić information content (AvgIpc) is 3.17. The van der Waals surface area contributed by atoms with Crippen molar-refractivity contribution in [3.05, 3.63) is 136 Å². The number of aryl methyl sites for hydroxylation is 1. The molecule has 2 aliphatic carbocycles. The van der Waals surface area contributed by atoms with Gasteiger partial charge in [0, 0.05) is 11.8 Å². The van der Waals surface area contributed by atoms with Crippen LogP contribution in [0.4, 0.5) is 0 Å². The highest BCUT2D eigenvalue weighted by atomic mass is 14.4. The zero-order chi connectivity index (χ0) is 24.5. The van der Waals surface area contributed by atoms with Crippen LogP contribution in [0.1, 0.15) is 62.6 Å². The maximum absolute atomic E-state index is 4.73. The lowest BCUT2D eigenvalue weighted by molar-refractivity contribution is 0.618. The third-order valence-electron chi connectivity index (χ3n) is 7.88. The van der Waals surface area contributed by atoms with Gasteiger partial charge in [-0.15, -0.1) is 0 Å². The molecule has 0 bridgehead atoms. The van der Waals surface area contributed by atoms with E-state index in [1.165, 1.54) is 60.9 Å². The SMILES string of the molecule is C=C(CCC)C1=C(C)C=C2CC(=Cc3ccccc3)C(=C)C2C1c1c(CC)ccc2ccccc12. The highest BCUT2D eigenvalue weighted by molar-refractivity contribution is 5.88. The Hall–Kier alpha value is -3.38. The van der Waals surface area contributed by atoms with Crippen molar-refractivity contribution >= 4 is 16.8 Å². The molecule has 2 atom stereocenters. The molecule has 35 heavy (non-hydrogen) atoms. The largest absolute Gasteiger partial charge is 0.0955 e. The third kappa shape index (κ3) is 4.16. The summed E-state index contributed by atoms with van der Waals surface area (Å²) in [5.74, 6) is 0.539. The van der Waals surface area contributed by atoms with E-state index in [0.717, 1.165) is 25.7 Å². The molecule has 0 aliphatic heterocycles. The van der Waals surface area contributed by atoms with Gasteiger partial charge in [0.25, 0.3) is 0 Å². The third-order valence-corrected chi connectivity index (χ3v) is 7.88. The number of benzene rings is 3. The first-order valence-electron chi connectivity index (χ1n) is 13.1. The average molecular weight is 457 g/mol. The van der Waals surface area contributed by atoms with Crippen molar-refractivity contribution in [1.82, 2.24) is 0 Å². The van der Waals surface area contributed by atoms with Crippen molar-refractivity contribution in [1.29, 1.82) is 0 Å². The molecule has 0 heteroatoms. The second kappa shape index (κ2) is 9.70. The molecule has 176 valence electrons. The molecule has 3 aromatic rings. The molecule has 2 unspecified atom stereocenters. The van der Waals surface area contributed by atoms with E-state index in [0.29, 0.717) is 0 Å². The summed E-state index contributed by atoms with van der Waals surface area (Å²) in [4.78, 5) is 0. The van der Waals surface area contributed by atoms with Crippen LogP contribution in [-0.2, 0) is 6.42 Å². The molecular weight excluding hydrogens is 420 g/mol. The van der Waals surface area contributed by atoms with Crippen LogP contribution in [0.5, 0.6) is 0 Å². The fourth-order valence-corrected chi connectivity index (χ4v) is 6.35. The Kier molecular flexibility index (Phi) is 6.48. The van der Waals surface area contributed by atoms with Gasteiger partial charge in [-0.05, 0) is 75.9 Å². The van der Waals surface area contributed by atoms with Gasteiger partial charge in [-0.3, -0.25) is 0 Å². The Morgan fingerprint density at radius 3 is 2.43 bits per heavy atom. The molecular formula is C35H36. The molecule has 3 aromatic carbocycles. The highest BCUT2D eigenvalue weighted by Crippen LogP contribution is 2.56. The van der Waals surface area contributed by atoms with Crippen LogP contribution >= 0.6 is 0 Å². The number of hydrogen-bond donors (Lipinski definition) is 0. The summed E-state index contributed by atoms with van der Waals surface area (Å²) in [7, 11) is 0. The van der Waals surface area contributed by atoms with Crippen LogP contribution in [0.2, 0.25) is 0 Å². The second-order valence-electron chi connectivity index (χ2n) is 10.1. The van der Waals surface area contributed by atoms with E-state index in [9.17, 15) is 0 Å². The van der Waals surface area contributed by atoms with Crippen LogP contribution in [0.25, 0.3) is 16.8 Å². The molecule has 1 fully saturated rings. The summed E-state index contributed by atoms with van der Waals surface area (Å²) < 4.78 is 0.